The zero-order valence-corrected chi connectivity index (χ0v) is 18.9. The molecule has 3 heterocycles. The highest BCUT2D eigenvalue weighted by Crippen LogP contribution is 2.39. The van der Waals surface area contributed by atoms with E-state index in [-0.39, 0.29) is 5.84 Å². The summed E-state index contributed by atoms with van der Waals surface area (Å²) in [4.78, 5) is 26.3. The molecule has 0 spiro atoms. The number of carbonyl (C=O) groups excluding carboxylic acids is 2. The minimum atomic E-state index is -0.418. The standard InChI is InChI=1S/C28H21N5O2/c1-32-14-20(18-9-2-4-11-22(18)32)24-25(28(35)31-27(24)34)21-15-33(23-12-5-3-10-19(21)23)17-8-6-7-16(13-17)26(29)30/h2-15H,1H3,(H3,29,30)(H,31,34,35). The smallest absolute Gasteiger partial charge is 0.259 e. The number of hydrogen-bond acceptors (Lipinski definition) is 3. The molecule has 5 aromatic rings. The van der Waals surface area contributed by atoms with Crippen LogP contribution < -0.4 is 11.1 Å². The normalized spacial score (nSPS) is 13.7. The van der Waals surface area contributed by atoms with Crippen molar-refractivity contribution in [1.29, 1.82) is 5.41 Å². The number of hydrogen-bond donors (Lipinski definition) is 3. The van der Waals surface area contributed by atoms with E-state index in [0.29, 0.717) is 22.3 Å². The van der Waals surface area contributed by atoms with Crippen molar-refractivity contribution in [3.05, 3.63) is 102 Å². The van der Waals surface area contributed by atoms with Crippen molar-refractivity contribution in [2.75, 3.05) is 0 Å². The molecule has 6 rings (SSSR count). The number of nitrogens with one attached hydrogen (secondary N) is 2. The predicted molar refractivity (Wildman–Crippen MR) is 137 cm³/mol. The number of carbonyl (C=O) groups is 2. The number of aromatic nitrogens is 2. The average Bonchev–Trinajstić information content (AvgIpc) is 3.49. The van der Waals surface area contributed by atoms with Gasteiger partial charge >= 0.3 is 0 Å². The largest absolute Gasteiger partial charge is 0.384 e. The molecule has 0 unspecified atom stereocenters. The molecule has 0 fully saturated rings. The van der Waals surface area contributed by atoms with E-state index in [1.165, 1.54) is 0 Å². The van der Waals surface area contributed by atoms with Crippen LogP contribution >= 0.6 is 0 Å². The van der Waals surface area contributed by atoms with E-state index in [9.17, 15) is 9.59 Å². The zero-order chi connectivity index (χ0) is 24.3. The summed E-state index contributed by atoms with van der Waals surface area (Å²) in [6, 6.07) is 22.9. The van der Waals surface area contributed by atoms with Crippen LogP contribution in [-0.4, -0.2) is 26.8 Å². The minimum absolute atomic E-state index is 0.0229. The third kappa shape index (κ3) is 3.09. The van der Waals surface area contributed by atoms with Gasteiger partial charge in [0, 0.05) is 58.1 Å². The first-order valence-electron chi connectivity index (χ1n) is 11.1. The molecule has 0 saturated carbocycles. The van der Waals surface area contributed by atoms with E-state index >= 15 is 0 Å². The second-order valence-corrected chi connectivity index (χ2v) is 8.60. The zero-order valence-electron chi connectivity index (χ0n) is 18.9. The number of fused-ring (bicyclic) bond motifs is 2. The Balaban J connectivity index is 1.66. The third-order valence-corrected chi connectivity index (χ3v) is 6.51. The van der Waals surface area contributed by atoms with Crippen LogP contribution in [0.25, 0.3) is 38.6 Å². The number of rotatable bonds is 4. The molecule has 4 N–H and O–H groups in total. The maximum absolute atomic E-state index is 13.2. The molecule has 0 saturated heterocycles. The van der Waals surface area contributed by atoms with Gasteiger partial charge in [0.15, 0.2) is 0 Å². The van der Waals surface area contributed by atoms with E-state index in [1.807, 2.05) is 95.3 Å². The summed E-state index contributed by atoms with van der Waals surface area (Å²) in [6.45, 7) is 0. The van der Waals surface area contributed by atoms with Gasteiger partial charge in [-0.15, -0.1) is 0 Å². The highest BCUT2D eigenvalue weighted by atomic mass is 16.2. The topological polar surface area (TPSA) is 106 Å². The summed E-state index contributed by atoms with van der Waals surface area (Å²) < 4.78 is 3.92. The van der Waals surface area contributed by atoms with Crippen LogP contribution in [0.4, 0.5) is 0 Å². The lowest BCUT2D eigenvalue weighted by Crippen LogP contribution is -2.22. The lowest BCUT2D eigenvalue weighted by atomic mass is 9.95. The highest BCUT2D eigenvalue weighted by molar-refractivity contribution is 6.50. The summed E-state index contributed by atoms with van der Waals surface area (Å²) in [5, 5.41) is 12.1. The lowest BCUT2D eigenvalue weighted by molar-refractivity contribution is -0.122. The number of nitrogens with two attached hydrogens (primary N) is 1. The molecule has 1 aliphatic rings. The molecule has 2 amide bonds. The van der Waals surface area contributed by atoms with Crippen molar-refractivity contribution >= 4 is 50.6 Å². The molecule has 7 nitrogen and oxygen atoms in total. The van der Waals surface area contributed by atoms with Crippen LogP contribution in [0.5, 0.6) is 0 Å². The van der Waals surface area contributed by atoms with Gasteiger partial charge in [-0.1, -0.05) is 48.5 Å². The first-order valence-corrected chi connectivity index (χ1v) is 11.1. The van der Waals surface area contributed by atoms with E-state index < -0.39 is 11.8 Å². The Bertz CT molecular complexity index is 1750. The quantitative estimate of drug-likeness (QED) is 0.215. The highest BCUT2D eigenvalue weighted by Gasteiger charge is 2.35. The molecule has 3 aromatic carbocycles. The lowest BCUT2D eigenvalue weighted by Gasteiger charge is -2.07. The number of benzene rings is 3. The second-order valence-electron chi connectivity index (χ2n) is 8.60. The van der Waals surface area contributed by atoms with E-state index in [4.69, 9.17) is 11.1 Å². The number of nitrogen functional groups attached to an aromatic ring is 1. The molecule has 0 atom stereocenters. The summed E-state index contributed by atoms with van der Waals surface area (Å²) in [5.41, 5.74) is 11.1. The summed E-state index contributed by atoms with van der Waals surface area (Å²) in [6.07, 6.45) is 3.77. The van der Waals surface area contributed by atoms with Gasteiger partial charge in [-0.2, -0.15) is 0 Å². The van der Waals surface area contributed by atoms with Gasteiger partial charge in [0.25, 0.3) is 11.8 Å². The Labute approximate surface area is 200 Å². The molecule has 0 bridgehead atoms. The van der Waals surface area contributed by atoms with Crippen LogP contribution in [0.2, 0.25) is 0 Å². The Morgan fingerprint density at radius 2 is 1.40 bits per heavy atom. The fourth-order valence-electron chi connectivity index (χ4n) is 4.93. The average molecular weight is 460 g/mol. The summed E-state index contributed by atoms with van der Waals surface area (Å²) in [7, 11) is 1.93. The van der Waals surface area contributed by atoms with Crippen LogP contribution in [-0.2, 0) is 16.6 Å². The van der Waals surface area contributed by atoms with Crippen LogP contribution in [0, 0.1) is 5.41 Å². The molecular weight excluding hydrogens is 438 g/mol. The molecule has 2 aromatic heterocycles. The molecule has 0 radical (unpaired) electrons. The monoisotopic (exact) mass is 459 g/mol. The van der Waals surface area contributed by atoms with Gasteiger partial charge in [-0.25, -0.2) is 0 Å². The van der Waals surface area contributed by atoms with Crippen LogP contribution in [0.15, 0.2) is 85.2 Å². The Morgan fingerprint density at radius 1 is 0.800 bits per heavy atom. The Hall–Kier alpha value is -4.91. The minimum Gasteiger partial charge on any atom is -0.384 e. The van der Waals surface area contributed by atoms with Crippen LogP contribution in [0.3, 0.4) is 0 Å². The van der Waals surface area contributed by atoms with Crippen molar-refractivity contribution in [3.63, 3.8) is 0 Å². The number of nitrogens with zero attached hydrogens (tertiary/aromatic N) is 2. The van der Waals surface area contributed by atoms with Crippen molar-refractivity contribution in [3.8, 4) is 5.69 Å². The van der Waals surface area contributed by atoms with E-state index in [2.05, 4.69) is 5.32 Å². The molecule has 7 heteroatoms. The number of aryl methyl sites for hydroxylation is 1. The maximum atomic E-state index is 13.2. The van der Waals surface area contributed by atoms with Crippen molar-refractivity contribution < 1.29 is 9.59 Å². The Morgan fingerprint density at radius 3 is 2.09 bits per heavy atom. The number of imide groups is 1. The van der Waals surface area contributed by atoms with Gasteiger partial charge in [0.1, 0.15) is 5.84 Å². The number of amides is 2. The van der Waals surface area contributed by atoms with Crippen LogP contribution in [0.1, 0.15) is 16.7 Å². The Kier molecular flexibility index (Phi) is 4.47. The molecular formula is C28H21N5O2. The molecule has 35 heavy (non-hydrogen) atoms. The fourth-order valence-corrected chi connectivity index (χ4v) is 4.93. The van der Waals surface area contributed by atoms with Crippen molar-refractivity contribution in [2.24, 2.45) is 12.8 Å². The van der Waals surface area contributed by atoms with Gasteiger partial charge in [0.05, 0.1) is 16.7 Å². The predicted octanol–water partition coefficient (Wildman–Crippen LogP) is 3.97. The summed E-state index contributed by atoms with van der Waals surface area (Å²) in [5.74, 6) is -0.847. The van der Waals surface area contributed by atoms with Gasteiger partial charge in [-0.3, -0.25) is 20.3 Å². The second kappa shape index (κ2) is 7.56. The molecule has 0 aliphatic carbocycles. The van der Waals surface area contributed by atoms with Gasteiger partial charge < -0.3 is 14.9 Å². The first-order chi connectivity index (χ1) is 16.9. The number of amidine groups is 1. The SMILES string of the molecule is Cn1cc(C2=C(c3cn(-c4cccc(C(=N)N)c4)c4ccccc34)C(=O)NC2=O)c2ccccc21. The molecule has 1 aliphatic heterocycles. The van der Waals surface area contributed by atoms with Crippen molar-refractivity contribution in [2.45, 2.75) is 0 Å². The third-order valence-electron chi connectivity index (χ3n) is 6.51. The van der Waals surface area contributed by atoms with Crippen molar-refractivity contribution in [1.82, 2.24) is 14.5 Å². The van der Waals surface area contributed by atoms with E-state index in [0.717, 1.165) is 33.1 Å². The molecule has 170 valence electrons. The fraction of sp³-hybridized carbons (Fsp3) is 0.0357. The van der Waals surface area contributed by atoms with Gasteiger partial charge in [0.2, 0.25) is 0 Å². The van der Waals surface area contributed by atoms with Gasteiger partial charge in [-0.05, 0) is 24.3 Å². The van der Waals surface area contributed by atoms with E-state index in [1.54, 1.807) is 6.07 Å². The number of para-hydroxylation sites is 2. The summed E-state index contributed by atoms with van der Waals surface area (Å²) >= 11 is 0. The maximum Gasteiger partial charge on any atom is 0.259 e. The first kappa shape index (κ1) is 20.7.